The minimum atomic E-state index is 0.0252. The van der Waals surface area contributed by atoms with E-state index in [1.165, 1.54) is 0 Å². The SMILES string of the molecule is COc1ccc(/C=C/C(=O)N2CCN(Cc3cn4ccccc4n3)CC2)cc1OC. The minimum absolute atomic E-state index is 0.0252. The molecule has 30 heavy (non-hydrogen) atoms. The van der Waals surface area contributed by atoms with Crippen LogP contribution in [0.25, 0.3) is 11.7 Å². The number of aromatic nitrogens is 2. The van der Waals surface area contributed by atoms with Gasteiger partial charge in [0.1, 0.15) is 5.65 Å². The van der Waals surface area contributed by atoms with Gasteiger partial charge < -0.3 is 18.8 Å². The van der Waals surface area contributed by atoms with Crippen LogP contribution < -0.4 is 9.47 Å². The first-order valence-electron chi connectivity index (χ1n) is 10.0. The Morgan fingerprint density at radius 2 is 1.87 bits per heavy atom. The van der Waals surface area contributed by atoms with Crippen LogP contribution in [0.5, 0.6) is 11.5 Å². The van der Waals surface area contributed by atoms with Gasteiger partial charge in [-0.3, -0.25) is 9.69 Å². The summed E-state index contributed by atoms with van der Waals surface area (Å²) in [6, 6.07) is 11.6. The summed E-state index contributed by atoms with van der Waals surface area (Å²) < 4.78 is 12.6. The van der Waals surface area contributed by atoms with E-state index >= 15 is 0 Å². The molecule has 1 fully saturated rings. The topological polar surface area (TPSA) is 59.3 Å². The molecule has 1 amide bonds. The number of hydrogen-bond donors (Lipinski definition) is 0. The molecular weight excluding hydrogens is 380 g/mol. The second kappa shape index (κ2) is 9.00. The van der Waals surface area contributed by atoms with Gasteiger partial charge in [0.15, 0.2) is 11.5 Å². The molecule has 0 radical (unpaired) electrons. The number of piperazine rings is 1. The molecule has 0 atom stereocenters. The number of benzene rings is 1. The van der Waals surface area contributed by atoms with Gasteiger partial charge in [0.2, 0.25) is 5.91 Å². The summed E-state index contributed by atoms with van der Waals surface area (Å²) >= 11 is 0. The number of rotatable bonds is 6. The molecule has 0 spiro atoms. The maximum Gasteiger partial charge on any atom is 0.246 e. The summed E-state index contributed by atoms with van der Waals surface area (Å²) in [5.74, 6) is 1.34. The highest BCUT2D eigenvalue weighted by Crippen LogP contribution is 2.28. The maximum absolute atomic E-state index is 12.6. The Balaban J connectivity index is 1.31. The van der Waals surface area contributed by atoms with Crippen molar-refractivity contribution in [2.75, 3.05) is 40.4 Å². The summed E-state index contributed by atoms with van der Waals surface area (Å²) in [4.78, 5) is 21.5. The van der Waals surface area contributed by atoms with E-state index in [-0.39, 0.29) is 5.91 Å². The van der Waals surface area contributed by atoms with Crippen molar-refractivity contribution in [3.05, 3.63) is 66.1 Å². The molecule has 2 aromatic heterocycles. The molecule has 0 bridgehead atoms. The zero-order chi connectivity index (χ0) is 20.9. The molecule has 156 valence electrons. The zero-order valence-electron chi connectivity index (χ0n) is 17.3. The molecule has 1 aromatic carbocycles. The summed E-state index contributed by atoms with van der Waals surface area (Å²) in [5.41, 5.74) is 2.91. The van der Waals surface area contributed by atoms with Crippen molar-refractivity contribution in [1.29, 1.82) is 0 Å². The number of methoxy groups -OCH3 is 2. The van der Waals surface area contributed by atoms with Gasteiger partial charge in [-0.05, 0) is 35.9 Å². The molecule has 4 rings (SSSR count). The summed E-state index contributed by atoms with van der Waals surface area (Å²) in [6.45, 7) is 3.89. The van der Waals surface area contributed by atoms with Crippen LogP contribution >= 0.6 is 0 Å². The van der Waals surface area contributed by atoms with Crippen molar-refractivity contribution in [3.8, 4) is 11.5 Å². The molecule has 3 heterocycles. The zero-order valence-corrected chi connectivity index (χ0v) is 17.3. The highest BCUT2D eigenvalue weighted by Gasteiger charge is 2.20. The fourth-order valence-corrected chi connectivity index (χ4v) is 3.65. The quantitative estimate of drug-likeness (QED) is 0.589. The predicted octanol–water partition coefficient (Wildman–Crippen LogP) is 2.71. The number of fused-ring (bicyclic) bond motifs is 1. The van der Waals surface area contributed by atoms with Gasteiger partial charge in [-0.2, -0.15) is 0 Å². The largest absolute Gasteiger partial charge is 0.493 e. The van der Waals surface area contributed by atoms with Crippen LogP contribution in [0.1, 0.15) is 11.3 Å². The van der Waals surface area contributed by atoms with Gasteiger partial charge in [-0.15, -0.1) is 0 Å². The molecule has 1 saturated heterocycles. The van der Waals surface area contributed by atoms with Crippen LogP contribution in [-0.4, -0.2) is 65.5 Å². The highest BCUT2D eigenvalue weighted by molar-refractivity contribution is 5.92. The molecular formula is C23H26N4O3. The van der Waals surface area contributed by atoms with E-state index in [1.54, 1.807) is 20.3 Å². The van der Waals surface area contributed by atoms with E-state index in [1.807, 2.05) is 58.0 Å². The maximum atomic E-state index is 12.6. The highest BCUT2D eigenvalue weighted by atomic mass is 16.5. The first-order valence-corrected chi connectivity index (χ1v) is 10.0. The van der Waals surface area contributed by atoms with Gasteiger partial charge in [0, 0.05) is 51.2 Å². The molecule has 0 N–H and O–H groups in total. The monoisotopic (exact) mass is 406 g/mol. The summed E-state index contributed by atoms with van der Waals surface area (Å²) in [7, 11) is 3.20. The van der Waals surface area contributed by atoms with Gasteiger partial charge in [0.05, 0.1) is 19.9 Å². The van der Waals surface area contributed by atoms with Crippen molar-refractivity contribution < 1.29 is 14.3 Å². The lowest BCUT2D eigenvalue weighted by Crippen LogP contribution is -2.47. The third kappa shape index (κ3) is 4.46. The van der Waals surface area contributed by atoms with Crippen LogP contribution in [0.3, 0.4) is 0 Å². The lowest BCUT2D eigenvalue weighted by atomic mass is 10.2. The van der Waals surface area contributed by atoms with E-state index in [9.17, 15) is 4.79 Å². The third-order valence-corrected chi connectivity index (χ3v) is 5.31. The second-order valence-electron chi connectivity index (χ2n) is 7.25. The van der Waals surface area contributed by atoms with Gasteiger partial charge in [-0.1, -0.05) is 12.1 Å². The Kier molecular flexibility index (Phi) is 5.99. The molecule has 0 unspecified atom stereocenters. The van der Waals surface area contributed by atoms with Crippen LogP contribution in [-0.2, 0) is 11.3 Å². The lowest BCUT2D eigenvalue weighted by Gasteiger charge is -2.33. The first kappa shape index (κ1) is 20.0. The molecule has 1 aliphatic heterocycles. The lowest BCUT2D eigenvalue weighted by molar-refractivity contribution is -0.127. The van der Waals surface area contributed by atoms with E-state index in [2.05, 4.69) is 16.1 Å². The number of carbonyl (C=O) groups is 1. The van der Waals surface area contributed by atoms with Crippen LogP contribution in [0.15, 0.2) is 54.9 Å². The van der Waals surface area contributed by atoms with Crippen molar-refractivity contribution in [3.63, 3.8) is 0 Å². The molecule has 7 heteroatoms. The number of carbonyl (C=O) groups excluding carboxylic acids is 1. The Bertz CT molecular complexity index is 1020. The molecule has 1 aliphatic rings. The van der Waals surface area contributed by atoms with Crippen molar-refractivity contribution in [2.45, 2.75) is 6.54 Å². The van der Waals surface area contributed by atoms with Gasteiger partial charge in [-0.25, -0.2) is 4.98 Å². The second-order valence-corrected chi connectivity index (χ2v) is 7.25. The molecule has 7 nitrogen and oxygen atoms in total. The average molecular weight is 406 g/mol. The van der Waals surface area contributed by atoms with Crippen LogP contribution in [0.4, 0.5) is 0 Å². The van der Waals surface area contributed by atoms with Crippen LogP contribution in [0.2, 0.25) is 0 Å². The number of nitrogens with zero attached hydrogens (tertiary/aromatic N) is 4. The minimum Gasteiger partial charge on any atom is -0.493 e. The molecule has 0 aliphatic carbocycles. The fraction of sp³-hybridized carbons (Fsp3) is 0.304. The van der Waals surface area contributed by atoms with Crippen molar-refractivity contribution in [2.24, 2.45) is 0 Å². The smallest absolute Gasteiger partial charge is 0.246 e. The Hall–Kier alpha value is -3.32. The fourth-order valence-electron chi connectivity index (χ4n) is 3.65. The predicted molar refractivity (Wildman–Crippen MR) is 116 cm³/mol. The van der Waals surface area contributed by atoms with E-state index in [0.29, 0.717) is 24.6 Å². The number of hydrogen-bond acceptors (Lipinski definition) is 5. The Morgan fingerprint density at radius 1 is 1.07 bits per heavy atom. The number of amides is 1. The van der Waals surface area contributed by atoms with Crippen LogP contribution in [0, 0.1) is 0 Å². The third-order valence-electron chi connectivity index (χ3n) is 5.31. The summed E-state index contributed by atoms with van der Waals surface area (Å²) in [5, 5.41) is 0. The van der Waals surface area contributed by atoms with Crippen molar-refractivity contribution >= 4 is 17.6 Å². The molecule has 3 aromatic rings. The van der Waals surface area contributed by atoms with E-state index < -0.39 is 0 Å². The number of pyridine rings is 1. The Labute approximate surface area is 176 Å². The number of imidazole rings is 1. The van der Waals surface area contributed by atoms with Gasteiger partial charge in [0.25, 0.3) is 0 Å². The van der Waals surface area contributed by atoms with Gasteiger partial charge >= 0.3 is 0 Å². The van der Waals surface area contributed by atoms with E-state index in [0.717, 1.165) is 36.5 Å². The Morgan fingerprint density at radius 3 is 2.60 bits per heavy atom. The van der Waals surface area contributed by atoms with Crippen molar-refractivity contribution in [1.82, 2.24) is 19.2 Å². The summed E-state index contributed by atoms with van der Waals surface area (Å²) in [6.07, 6.45) is 7.51. The first-order chi connectivity index (χ1) is 14.7. The number of ether oxygens (including phenoxy) is 2. The molecule has 0 saturated carbocycles. The average Bonchev–Trinajstić information content (AvgIpc) is 3.20. The van der Waals surface area contributed by atoms with E-state index in [4.69, 9.17) is 9.47 Å². The normalized spacial score (nSPS) is 15.1. The standard InChI is InChI=1S/C23H26N4O3/c1-29-20-8-6-18(15-21(20)30-2)7-9-23(28)26-13-11-25(12-14-26)16-19-17-27-10-4-3-5-22(27)24-19/h3-10,15,17H,11-14,16H2,1-2H3/b9-7+.